The van der Waals surface area contributed by atoms with Gasteiger partial charge in [-0.15, -0.1) is 0 Å². The van der Waals surface area contributed by atoms with Gasteiger partial charge in [0.15, 0.2) is 0 Å². The van der Waals surface area contributed by atoms with Crippen LogP contribution < -0.4 is 15.9 Å². The number of carboxylic acid groups (broad SMARTS) is 2. The minimum atomic E-state index is -1.44. The van der Waals surface area contributed by atoms with Gasteiger partial charge >= 0.3 is 17.1 Å². The van der Waals surface area contributed by atoms with Crippen LogP contribution in [0.3, 0.4) is 0 Å². The van der Waals surface area contributed by atoms with E-state index >= 15 is 0 Å². The molecule has 0 atom stereocenters. The molecule has 7 heteroatoms. The van der Waals surface area contributed by atoms with E-state index < -0.39 is 18.5 Å². The molecular formula is C4H7MnNO5. The molecule has 0 saturated carbocycles. The molecule has 0 amide bonds. The fraction of sp³-hybridized carbons (Fsp3) is 0.500. The quantitative estimate of drug-likeness (QED) is 0.436. The molecule has 0 aromatic heterocycles. The molecule has 6 nitrogen and oxygen atoms in total. The number of nitrogens with two attached hydrogens (primary N) is 1. The molecular weight excluding hydrogens is 197 g/mol. The summed E-state index contributed by atoms with van der Waals surface area (Å²) in [5.41, 5.74) is 4.51. The number of rotatable bonds is 2. The first kappa shape index (κ1) is 16.8. The van der Waals surface area contributed by atoms with Crippen LogP contribution >= 0.6 is 0 Å². The number of hydrogen-bond donors (Lipinski definition) is 2. The minimum Gasteiger partial charge on any atom is -0.549 e. The summed E-state index contributed by atoms with van der Waals surface area (Å²) in [5, 5.41) is 25.6. The first-order chi connectivity index (χ1) is 4.54. The zero-order valence-electron chi connectivity index (χ0n) is 5.45. The average molecular weight is 204 g/mol. The zero-order valence-corrected chi connectivity index (χ0v) is 6.63. The Labute approximate surface area is 73.5 Å². The molecule has 0 unspecified atom stereocenters. The Morgan fingerprint density at radius 2 is 1.45 bits per heavy atom. The predicted octanol–water partition coefficient (Wildman–Crippen LogP) is -4.58. The summed E-state index contributed by atoms with van der Waals surface area (Å²) in [6.07, 6.45) is 0. The third-order valence-corrected chi connectivity index (χ3v) is 0.296. The maximum Gasteiger partial charge on any atom is 2.00 e. The molecule has 0 bridgehead atoms. The van der Waals surface area contributed by atoms with Gasteiger partial charge in [-0.05, 0) is 0 Å². The number of aliphatic hydroxyl groups excluding tert-OH is 1. The smallest absolute Gasteiger partial charge is 0.549 e. The number of aliphatic hydroxyl groups is 1. The van der Waals surface area contributed by atoms with E-state index in [-0.39, 0.29) is 23.6 Å². The third-order valence-electron chi connectivity index (χ3n) is 0.296. The van der Waals surface area contributed by atoms with Gasteiger partial charge in [-0.1, -0.05) is 0 Å². The van der Waals surface area contributed by atoms with Crippen molar-refractivity contribution in [3.8, 4) is 0 Å². The monoisotopic (exact) mass is 204 g/mol. The molecule has 0 aliphatic heterocycles. The maximum absolute atomic E-state index is 9.13. The summed E-state index contributed by atoms with van der Waals surface area (Å²) in [6, 6.07) is 0. The van der Waals surface area contributed by atoms with E-state index in [0.717, 1.165) is 0 Å². The normalized spacial score (nSPS) is 6.73. The second kappa shape index (κ2) is 12.1. The number of carbonyl (C=O) groups excluding carboxylic acids is 2. The van der Waals surface area contributed by atoms with Crippen molar-refractivity contribution in [1.82, 2.24) is 0 Å². The Morgan fingerprint density at radius 1 is 1.27 bits per heavy atom. The van der Waals surface area contributed by atoms with E-state index in [9.17, 15) is 0 Å². The molecule has 0 saturated heterocycles. The number of aliphatic carboxylic acids is 2. The Morgan fingerprint density at radius 3 is 1.45 bits per heavy atom. The van der Waals surface area contributed by atoms with E-state index in [1.165, 1.54) is 0 Å². The van der Waals surface area contributed by atoms with Crippen molar-refractivity contribution in [3.63, 3.8) is 0 Å². The van der Waals surface area contributed by atoms with Crippen molar-refractivity contribution < 1.29 is 42.0 Å². The van der Waals surface area contributed by atoms with Gasteiger partial charge in [-0.25, -0.2) is 0 Å². The predicted molar refractivity (Wildman–Crippen MR) is 26.2 cm³/mol. The van der Waals surface area contributed by atoms with Crippen LogP contribution in [0.25, 0.3) is 0 Å². The summed E-state index contributed by atoms with van der Waals surface area (Å²) >= 11 is 0. The third kappa shape index (κ3) is 44.7. The van der Waals surface area contributed by atoms with Gasteiger partial charge in [-0.2, -0.15) is 0 Å². The van der Waals surface area contributed by atoms with Crippen LogP contribution in [0.2, 0.25) is 0 Å². The number of carbonyl (C=O) groups is 2. The van der Waals surface area contributed by atoms with Crippen molar-refractivity contribution >= 4 is 11.9 Å². The fourth-order valence-electron chi connectivity index (χ4n) is 0. The molecule has 11 heavy (non-hydrogen) atoms. The van der Waals surface area contributed by atoms with Crippen LogP contribution in [0.4, 0.5) is 0 Å². The molecule has 0 aliphatic carbocycles. The number of carboxylic acids is 2. The summed E-state index contributed by atoms with van der Waals surface area (Å²) in [5.74, 6) is -2.66. The Kier molecular flexibility index (Phi) is 18.4. The molecule has 0 spiro atoms. The second-order valence-corrected chi connectivity index (χ2v) is 1.11. The maximum atomic E-state index is 9.13. The topological polar surface area (TPSA) is 127 Å². The van der Waals surface area contributed by atoms with Gasteiger partial charge in [0.25, 0.3) is 0 Å². The minimum absolute atomic E-state index is 0. The van der Waals surface area contributed by atoms with E-state index in [1.54, 1.807) is 0 Å². The summed E-state index contributed by atoms with van der Waals surface area (Å²) in [4.78, 5) is 18.1. The Bertz CT molecular complexity index is 103. The molecule has 0 rings (SSSR count). The Hall–Kier alpha value is -0.621. The molecule has 0 aliphatic rings. The van der Waals surface area contributed by atoms with Gasteiger partial charge < -0.3 is 30.6 Å². The van der Waals surface area contributed by atoms with Crippen LogP contribution in [0, 0.1) is 0 Å². The summed E-state index contributed by atoms with van der Waals surface area (Å²) in [6.45, 7) is -1.28. The van der Waals surface area contributed by atoms with Gasteiger partial charge in [-0.3, -0.25) is 0 Å². The molecule has 0 aromatic carbocycles. The fourth-order valence-corrected chi connectivity index (χ4v) is 0. The van der Waals surface area contributed by atoms with Gasteiger partial charge in [0.1, 0.15) is 0 Å². The van der Waals surface area contributed by atoms with E-state index in [4.69, 9.17) is 24.9 Å². The largest absolute Gasteiger partial charge is 2.00 e. The number of hydrogen-bond acceptors (Lipinski definition) is 6. The van der Waals surface area contributed by atoms with Gasteiger partial charge in [0.05, 0.1) is 18.5 Å². The molecule has 65 valence electrons. The van der Waals surface area contributed by atoms with E-state index in [2.05, 4.69) is 5.73 Å². The van der Waals surface area contributed by atoms with Gasteiger partial charge in [0, 0.05) is 6.54 Å². The van der Waals surface area contributed by atoms with E-state index in [0.29, 0.717) is 0 Å². The average Bonchev–Trinajstić information content (AvgIpc) is 1.89. The van der Waals surface area contributed by atoms with Crippen LogP contribution in [0.15, 0.2) is 0 Å². The second-order valence-electron chi connectivity index (χ2n) is 1.11. The van der Waals surface area contributed by atoms with Crippen LogP contribution in [0.5, 0.6) is 0 Å². The standard InChI is InChI=1S/C2H5NO2.C2H4O3.Mn/c2*3-1-2(4)5;/h1,3H2,(H,4,5);3H,1H2,(H,4,5);/q;;+2/p-2. The Balaban J connectivity index is -0.000000107. The molecule has 0 fully saturated rings. The first-order valence-corrected chi connectivity index (χ1v) is 2.25. The van der Waals surface area contributed by atoms with E-state index in [1.807, 2.05) is 0 Å². The van der Waals surface area contributed by atoms with Crippen LogP contribution in [-0.2, 0) is 26.7 Å². The molecule has 0 heterocycles. The summed E-state index contributed by atoms with van der Waals surface area (Å²) in [7, 11) is 0. The van der Waals surface area contributed by atoms with Crippen LogP contribution in [-0.4, -0.2) is 30.2 Å². The SMILES string of the molecule is NCC(=O)[O-].O=C([O-])CO.[Mn+2]. The first-order valence-electron chi connectivity index (χ1n) is 2.25. The van der Waals surface area contributed by atoms with Crippen molar-refractivity contribution in [2.24, 2.45) is 5.73 Å². The van der Waals surface area contributed by atoms with Crippen molar-refractivity contribution in [3.05, 3.63) is 0 Å². The molecule has 0 aromatic rings. The molecule has 3 N–H and O–H groups in total. The zero-order chi connectivity index (χ0) is 8.57. The van der Waals surface area contributed by atoms with Crippen LogP contribution in [0.1, 0.15) is 0 Å². The van der Waals surface area contributed by atoms with Crippen molar-refractivity contribution in [1.29, 1.82) is 0 Å². The van der Waals surface area contributed by atoms with Crippen molar-refractivity contribution in [2.75, 3.05) is 13.2 Å². The van der Waals surface area contributed by atoms with Crippen molar-refractivity contribution in [2.45, 2.75) is 0 Å². The molecule has 1 radical (unpaired) electrons. The summed E-state index contributed by atoms with van der Waals surface area (Å²) < 4.78 is 0. The van der Waals surface area contributed by atoms with Gasteiger partial charge in [0.2, 0.25) is 0 Å².